The highest BCUT2D eigenvalue weighted by atomic mass is 15.1. The molecule has 24 rings (SSSR count). The fourth-order valence-corrected chi connectivity index (χ4v) is 17.5. The molecule has 0 saturated carbocycles. The number of aromatic nitrogens is 18. The summed E-state index contributed by atoms with van der Waals surface area (Å²) in [6.07, 6.45) is 30.3. The molecule has 18 heteroatoms. The summed E-state index contributed by atoms with van der Waals surface area (Å²) < 4.78 is 13.4. The van der Waals surface area contributed by atoms with E-state index in [0.717, 1.165) is 167 Å². The van der Waals surface area contributed by atoms with Gasteiger partial charge in [-0.25, -0.2) is 0 Å². The Balaban J connectivity index is 0.000000108. The average molecular weight is 1550 g/mol. The number of hydrogen-bond donors (Lipinski definition) is 0. The molecule has 0 unspecified atom stereocenters. The van der Waals surface area contributed by atoms with Crippen molar-refractivity contribution in [2.45, 2.75) is 41.5 Å². The molecule has 120 heavy (non-hydrogen) atoms. The molecule has 0 fully saturated rings. The van der Waals surface area contributed by atoms with Crippen LogP contribution in [0.2, 0.25) is 0 Å². The van der Waals surface area contributed by atoms with Crippen LogP contribution in [0.25, 0.3) is 199 Å². The lowest BCUT2D eigenvalue weighted by Crippen LogP contribution is -1.98. The standard InChI is InChI=1S/3C34H24N6/c1-21-3-9-31-25(15-21)27-19-35-13-11-33(27)39(31)23-5-7-29(37-17-23)30-8-6-24(18-38-30)40-32-10-4-22(2)16-26(32)28-20-36-14-12-34(28)40;1-21-3-9-31-27(15-21)25-11-13-35-19-33(25)39(31)23-5-7-29(37-17-23)30-8-6-24(18-38-30)40-32-10-4-22(2)16-28(32)26-12-14-36-20-34(26)40;1-21-7-13-29-25(17-21)33-31(5-3-15-35-33)39(29)23-9-11-27(37-19-23)28-12-10-24(20-38-28)40-30-14-8-22(2)18-26(30)34-32(40)6-4-16-36-34/h3*3-20H,1-2H3. The van der Waals surface area contributed by atoms with E-state index >= 15 is 0 Å². The molecule has 0 aliphatic rings. The first kappa shape index (κ1) is 70.5. The Hall–Kier alpha value is -16.1. The van der Waals surface area contributed by atoms with Gasteiger partial charge < -0.3 is 27.4 Å². The molecule has 0 aliphatic carbocycles. The summed E-state index contributed by atoms with van der Waals surface area (Å²) in [4.78, 5) is 55.8. The predicted molar refractivity (Wildman–Crippen MR) is 484 cm³/mol. The Morgan fingerprint density at radius 2 is 0.408 bits per heavy atom. The van der Waals surface area contributed by atoms with Gasteiger partial charge in [0, 0.05) is 103 Å². The molecule has 0 bridgehead atoms. The third kappa shape index (κ3) is 11.9. The number of rotatable bonds is 9. The molecule has 18 aromatic heterocycles. The monoisotopic (exact) mass is 1550 g/mol. The molecule has 18 heterocycles. The molecule has 0 atom stereocenters. The van der Waals surface area contributed by atoms with Crippen LogP contribution < -0.4 is 0 Å². The minimum absolute atomic E-state index is 0.824. The van der Waals surface area contributed by atoms with E-state index < -0.39 is 0 Å². The molecule has 24 aromatic rings. The van der Waals surface area contributed by atoms with Gasteiger partial charge in [-0.05, 0) is 236 Å². The van der Waals surface area contributed by atoms with E-state index in [1.54, 1.807) is 0 Å². The molecule has 18 nitrogen and oxygen atoms in total. The lowest BCUT2D eigenvalue weighted by atomic mass is 10.1. The van der Waals surface area contributed by atoms with Crippen molar-refractivity contribution in [3.63, 3.8) is 0 Å². The summed E-state index contributed by atoms with van der Waals surface area (Å²) >= 11 is 0. The Kier molecular flexibility index (Phi) is 16.7. The van der Waals surface area contributed by atoms with Gasteiger partial charge in [-0.1, -0.05) is 69.8 Å². The molecular weight excluding hydrogens is 1480 g/mol. The number of aryl methyl sites for hydroxylation is 6. The van der Waals surface area contributed by atoms with Gasteiger partial charge in [0.2, 0.25) is 0 Å². The Morgan fingerprint density at radius 3 is 0.700 bits per heavy atom. The number of fused-ring (bicyclic) bond motifs is 18. The van der Waals surface area contributed by atoms with E-state index in [2.05, 4.69) is 281 Å². The minimum Gasteiger partial charge on any atom is -0.308 e. The normalized spacial score (nSPS) is 11.8. The lowest BCUT2D eigenvalue weighted by Gasteiger charge is -2.10. The molecule has 0 amide bonds. The summed E-state index contributed by atoms with van der Waals surface area (Å²) in [5.41, 5.74) is 33.6. The van der Waals surface area contributed by atoms with E-state index in [1.165, 1.54) is 65.7 Å². The highest BCUT2D eigenvalue weighted by Gasteiger charge is 2.22. The zero-order valence-electron chi connectivity index (χ0n) is 66.2. The number of benzene rings is 6. The van der Waals surface area contributed by atoms with E-state index in [1.807, 2.05) is 148 Å². The van der Waals surface area contributed by atoms with E-state index in [0.29, 0.717) is 0 Å². The maximum absolute atomic E-state index is 4.82. The van der Waals surface area contributed by atoms with E-state index in [9.17, 15) is 0 Å². The Bertz CT molecular complexity index is 6950. The Labute approximate surface area is 687 Å². The summed E-state index contributed by atoms with van der Waals surface area (Å²) in [6, 6.07) is 80.5. The van der Waals surface area contributed by atoms with Gasteiger partial charge in [-0.3, -0.25) is 59.8 Å². The van der Waals surface area contributed by atoms with Gasteiger partial charge in [-0.15, -0.1) is 0 Å². The second-order valence-electron chi connectivity index (χ2n) is 30.9. The predicted octanol–water partition coefficient (Wildman–Crippen LogP) is 23.2. The summed E-state index contributed by atoms with van der Waals surface area (Å²) in [6.45, 7) is 12.7. The number of hydrogen-bond acceptors (Lipinski definition) is 12. The first-order valence-electron chi connectivity index (χ1n) is 39.9. The molecule has 570 valence electrons. The van der Waals surface area contributed by atoms with Crippen molar-refractivity contribution < 1.29 is 0 Å². The molecule has 0 saturated heterocycles. The average Bonchev–Trinajstić information content (AvgIpc) is 1.63. The van der Waals surface area contributed by atoms with Crippen molar-refractivity contribution in [1.29, 1.82) is 0 Å². The van der Waals surface area contributed by atoms with Gasteiger partial charge >= 0.3 is 0 Å². The van der Waals surface area contributed by atoms with Gasteiger partial charge in [0.1, 0.15) is 0 Å². The van der Waals surface area contributed by atoms with Crippen molar-refractivity contribution in [2.24, 2.45) is 0 Å². The highest BCUT2D eigenvalue weighted by molar-refractivity contribution is 6.13. The summed E-state index contributed by atoms with van der Waals surface area (Å²) in [5, 5.41) is 11.8. The Morgan fingerprint density at radius 1 is 0.167 bits per heavy atom. The summed E-state index contributed by atoms with van der Waals surface area (Å²) in [7, 11) is 0. The largest absolute Gasteiger partial charge is 0.308 e. The molecule has 0 spiro atoms. The van der Waals surface area contributed by atoms with Gasteiger partial charge in [0.05, 0.1) is 195 Å². The fourth-order valence-electron chi connectivity index (χ4n) is 17.5. The van der Waals surface area contributed by atoms with Gasteiger partial charge in [-0.2, -0.15) is 0 Å². The van der Waals surface area contributed by atoms with Crippen molar-refractivity contribution in [3.05, 3.63) is 363 Å². The van der Waals surface area contributed by atoms with Crippen LogP contribution in [0.5, 0.6) is 0 Å². The van der Waals surface area contributed by atoms with Crippen LogP contribution in [-0.2, 0) is 0 Å². The second-order valence-corrected chi connectivity index (χ2v) is 30.9. The molecule has 0 radical (unpaired) electrons. The third-order valence-corrected chi connectivity index (χ3v) is 23.1. The third-order valence-electron chi connectivity index (χ3n) is 23.1. The second kappa shape index (κ2) is 28.4. The van der Waals surface area contributed by atoms with Crippen molar-refractivity contribution in [1.82, 2.24) is 87.2 Å². The van der Waals surface area contributed by atoms with Gasteiger partial charge in [0.15, 0.2) is 0 Å². The molecule has 0 N–H and O–H groups in total. The maximum Gasteiger partial charge on any atom is 0.0963 e. The first-order chi connectivity index (χ1) is 59.0. The van der Waals surface area contributed by atoms with Crippen LogP contribution >= 0.6 is 0 Å². The molecular formula is C102H72N18. The topological polar surface area (TPSA) is 184 Å². The molecule has 6 aromatic carbocycles. The maximum atomic E-state index is 4.82. The highest BCUT2D eigenvalue weighted by Crippen LogP contribution is 2.40. The number of pyridine rings is 12. The van der Waals surface area contributed by atoms with Crippen LogP contribution in [0.4, 0.5) is 0 Å². The number of nitrogens with zero attached hydrogens (tertiary/aromatic N) is 18. The zero-order valence-corrected chi connectivity index (χ0v) is 66.2. The van der Waals surface area contributed by atoms with Crippen molar-refractivity contribution >= 4 is 131 Å². The van der Waals surface area contributed by atoms with E-state index in [4.69, 9.17) is 29.9 Å². The SMILES string of the molecule is Cc1ccc2c(c1)c1ccncc1n2-c1ccc(-c2ccc(-n3c4ccc(C)cc4c4ccncc43)cn2)nc1.Cc1ccc2c(c1)c1cnccc1n2-c1ccc(-c2ccc(-n3c4ccncc4c4cc(C)ccc43)cn2)nc1.Cc1ccc2c(c1)c1ncccc1n2-c1ccc(-c2ccc(-n3c4ccc(C)cc4c4ncccc43)cn2)nc1. The van der Waals surface area contributed by atoms with Crippen LogP contribution in [0, 0.1) is 41.5 Å². The molecule has 0 aliphatic heterocycles. The lowest BCUT2D eigenvalue weighted by molar-refractivity contribution is 1.11. The van der Waals surface area contributed by atoms with Crippen molar-refractivity contribution in [3.8, 4) is 68.3 Å². The van der Waals surface area contributed by atoms with Crippen LogP contribution in [0.3, 0.4) is 0 Å². The summed E-state index contributed by atoms with van der Waals surface area (Å²) in [5.74, 6) is 0. The fraction of sp³-hybridized carbons (Fsp3) is 0.0588. The van der Waals surface area contributed by atoms with Crippen LogP contribution in [0.15, 0.2) is 330 Å². The van der Waals surface area contributed by atoms with Gasteiger partial charge in [0.25, 0.3) is 0 Å². The van der Waals surface area contributed by atoms with Crippen LogP contribution in [-0.4, -0.2) is 87.2 Å². The van der Waals surface area contributed by atoms with Crippen LogP contribution in [0.1, 0.15) is 33.4 Å². The van der Waals surface area contributed by atoms with Crippen molar-refractivity contribution in [2.75, 3.05) is 0 Å². The smallest absolute Gasteiger partial charge is 0.0963 e. The first-order valence-corrected chi connectivity index (χ1v) is 39.9. The quantitative estimate of drug-likeness (QED) is 0.133. The van der Waals surface area contributed by atoms with E-state index in [-0.39, 0.29) is 0 Å². The zero-order chi connectivity index (χ0) is 80.4. The minimum atomic E-state index is 0.824.